The summed E-state index contributed by atoms with van der Waals surface area (Å²) in [6, 6.07) is 4.98. The van der Waals surface area contributed by atoms with Crippen molar-refractivity contribution in [2.45, 2.75) is 31.5 Å². The van der Waals surface area contributed by atoms with Crippen LogP contribution < -0.4 is 5.32 Å². The number of rotatable bonds is 4. The van der Waals surface area contributed by atoms with E-state index in [4.69, 9.17) is 15.0 Å². The van der Waals surface area contributed by atoms with Gasteiger partial charge in [0.25, 0.3) is 0 Å². The van der Waals surface area contributed by atoms with E-state index in [1.165, 1.54) is 6.07 Å². The summed E-state index contributed by atoms with van der Waals surface area (Å²) in [5, 5.41) is 18.8. The number of benzene rings is 1. The molecule has 0 heterocycles. The molecule has 0 bridgehead atoms. The molecule has 3 N–H and O–H groups in total. The lowest BCUT2D eigenvalue weighted by Crippen LogP contribution is -2.22. The minimum absolute atomic E-state index is 0.118. The van der Waals surface area contributed by atoms with E-state index in [1.54, 1.807) is 12.1 Å². The van der Waals surface area contributed by atoms with E-state index in [1.807, 2.05) is 0 Å². The number of hydrogen-bond acceptors (Lipinski definition) is 3. The van der Waals surface area contributed by atoms with Gasteiger partial charge in [-0.25, -0.2) is 9.18 Å². The van der Waals surface area contributed by atoms with Gasteiger partial charge in [-0.15, -0.1) is 0 Å². The first kappa shape index (κ1) is 18.9. The smallest absolute Gasteiger partial charge is 0.481 e. The highest BCUT2D eigenvalue weighted by atomic mass is 19.4. The number of carboxylic acids is 2. The van der Waals surface area contributed by atoms with Crippen molar-refractivity contribution in [2.75, 3.05) is 6.54 Å². The lowest BCUT2D eigenvalue weighted by atomic mass is 10.1. The predicted octanol–water partition coefficient (Wildman–Crippen LogP) is 2.51. The molecule has 0 aliphatic heterocycles. The summed E-state index contributed by atoms with van der Waals surface area (Å²) < 4.78 is 44.7. The molecule has 1 aliphatic rings. The highest BCUT2D eigenvalue weighted by Gasteiger charge is 2.38. The van der Waals surface area contributed by atoms with Gasteiger partial charge in [0, 0.05) is 12.6 Å². The molecular weight excluding hydrogens is 322 g/mol. The van der Waals surface area contributed by atoms with E-state index in [9.17, 15) is 22.4 Å². The number of alkyl halides is 3. The van der Waals surface area contributed by atoms with Gasteiger partial charge in [-0.1, -0.05) is 6.07 Å². The molecule has 1 aromatic rings. The Bertz CT molecular complexity index is 574. The third kappa shape index (κ3) is 6.23. The molecule has 0 fully saturated rings. The monoisotopic (exact) mass is 337 g/mol. The van der Waals surface area contributed by atoms with Gasteiger partial charge in [-0.2, -0.15) is 13.2 Å². The molecule has 1 aromatic carbocycles. The summed E-state index contributed by atoms with van der Waals surface area (Å²) in [5.41, 5.74) is 2.14. The van der Waals surface area contributed by atoms with Crippen LogP contribution in [0.1, 0.15) is 30.0 Å². The van der Waals surface area contributed by atoms with E-state index < -0.39 is 18.1 Å². The molecule has 128 valence electrons. The zero-order valence-electron chi connectivity index (χ0n) is 11.9. The minimum atomic E-state index is -5.08. The lowest BCUT2D eigenvalue weighted by Gasteiger charge is -2.12. The standard InChI is InChI=1S/C12H14FNO2.C2HF3O2/c13-9-2-3-10-8(7-9)1-4-11(10)14-6-5-12(15)16;3-2(4,5)1(6)7/h2-3,7,11,14H,1,4-6H2,(H,15,16);(H,6,7). The van der Waals surface area contributed by atoms with Crippen LogP contribution in [0.3, 0.4) is 0 Å². The molecule has 1 atom stereocenters. The number of aryl methyl sites for hydroxylation is 1. The summed E-state index contributed by atoms with van der Waals surface area (Å²) in [6.45, 7) is 0.455. The highest BCUT2D eigenvalue weighted by Crippen LogP contribution is 2.31. The SMILES string of the molecule is O=C(O)C(F)(F)F.O=C(O)CCNC1CCc2cc(F)ccc21. The average molecular weight is 337 g/mol. The van der Waals surface area contributed by atoms with Crippen molar-refractivity contribution < 1.29 is 37.4 Å². The Labute approximate surface area is 128 Å². The number of carbonyl (C=O) groups is 2. The van der Waals surface area contributed by atoms with Crippen molar-refractivity contribution >= 4 is 11.9 Å². The molecule has 9 heteroatoms. The van der Waals surface area contributed by atoms with Crippen LogP contribution in [-0.2, 0) is 16.0 Å². The van der Waals surface area contributed by atoms with Crippen LogP contribution in [0.25, 0.3) is 0 Å². The summed E-state index contributed by atoms with van der Waals surface area (Å²) in [4.78, 5) is 19.3. The summed E-state index contributed by atoms with van der Waals surface area (Å²) in [7, 11) is 0. The average Bonchev–Trinajstić information content (AvgIpc) is 2.80. The van der Waals surface area contributed by atoms with Gasteiger partial charge in [0.1, 0.15) is 5.82 Å². The zero-order valence-corrected chi connectivity index (χ0v) is 11.9. The Morgan fingerprint density at radius 3 is 2.39 bits per heavy atom. The number of carboxylic acid groups (broad SMARTS) is 2. The molecule has 0 saturated heterocycles. The second-order valence-electron chi connectivity index (χ2n) is 4.84. The Kier molecular flexibility index (Phi) is 6.49. The summed E-state index contributed by atoms with van der Waals surface area (Å²) >= 11 is 0. The Morgan fingerprint density at radius 2 is 1.87 bits per heavy atom. The fraction of sp³-hybridized carbons (Fsp3) is 0.429. The van der Waals surface area contributed by atoms with E-state index in [0.29, 0.717) is 6.54 Å². The molecule has 0 spiro atoms. The maximum absolute atomic E-state index is 12.9. The van der Waals surface area contributed by atoms with Crippen LogP contribution in [0, 0.1) is 5.82 Å². The Morgan fingerprint density at radius 1 is 1.26 bits per heavy atom. The van der Waals surface area contributed by atoms with Crippen molar-refractivity contribution in [1.29, 1.82) is 0 Å². The second-order valence-corrected chi connectivity index (χ2v) is 4.84. The molecule has 5 nitrogen and oxygen atoms in total. The number of aliphatic carboxylic acids is 2. The van der Waals surface area contributed by atoms with Crippen LogP contribution in [0.2, 0.25) is 0 Å². The van der Waals surface area contributed by atoms with E-state index in [0.717, 1.165) is 24.0 Å². The third-order valence-electron chi connectivity index (χ3n) is 3.15. The number of halogens is 4. The molecule has 23 heavy (non-hydrogen) atoms. The maximum Gasteiger partial charge on any atom is 0.490 e. The Hall–Kier alpha value is -2.16. The van der Waals surface area contributed by atoms with Crippen LogP contribution in [0.4, 0.5) is 17.6 Å². The summed E-state index contributed by atoms with van der Waals surface area (Å²) in [5.74, 6) is -3.76. The number of fused-ring (bicyclic) bond motifs is 1. The topological polar surface area (TPSA) is 86.6 Å². The third-order valence-corrected chi connectivity index (χ3v) is 3.15. The predicted molar refractivity (Wildman–Crippen MR) is 71.4 cm³/mol. The first-order valence-electron chi connectivity index (χ1n) is 6.65. The van der Waals surface area contributed by atoms with Crippen LogP contribution in [0.5, 0.6) is 0 Å². The molecule has 0 radical (unpaired) electrons. The van der Waals surface area contributed by atoms with Gasteiger partial charge in [-0.05, 0) is 36.1 Å². The van der Waals surface area contributed by atoms with Crippen molar-refractivity contribution in [3.8, 4) is 0 Å². The molecular formula is C14H15F4NO4. The zero-order chi connectivity index (χ0) is 17.6. The normalized spacial score (nSPS) is 16.3. The van der Waals surface area contributed by atoms with Crippen LogP contribution >= 0.6 is 0 Å². The van der Waals surface area contributed by atoms with Gasteiger partial charge in [0.15, 0.2) is 0 Å². The molecule has 0 saturated carbocycles. The van der Waals surface area contributed by atoms with Gasteiger partial charge < -0.3 is 15.5 Å². The number of hydrogen-bond donors (Lipinski definition) is 3. The summed E-state index contributed by atoms with van der Waals surface area (Å²) in [6.07, 6.45) is -3.19. The second kappa shape index (κ2) is 7.91. The van der Waals surface area contributed by atoms with Gasteiger partial charge >= 0.3 is 18.1 Å². The first-order chi connectivity index (χ1) is 10.6. The Balaban J connectivity index is 0.000000322. The molecule has 0 aromatic heterocycles. The lowest BCUT2D eigenvalue weighted by molar-refractivity contribution is -0.192. The minimum Gasteiger partial charge on any atom is -0.481 e. The van der Waals surface area contributed by atoms with Gasteiger partial charge in [0.05, 0.1) is 6.42 Å². The largest absolute Gasteiger partial charge is 0.490 e. The fourth-order valence-electron chi connectivity index (χ4n) is 2.15. The van der Waals surface area contributed by atoms with Crippen LogP contribution in [0.15, 0.2) is 18.2 Å². The van der Waals surface area contributed by atoms with Crippen molar-refractivity contribution in [1.82, 2.24) is 5.32 Å². The fourth-order valence-corrected chi connectivity index (χ4v) is 2.15. The first-order valence-corrected chi connectivity index (χ1v) is 6.65. The van der Waals surface area contributed by atoms with E-state index in [-0.39, 0.29) is 18.3 Å². The molecule has 0 amide bonds. The van der Waals surface area contributed by atoms with E-state index in [2.05, 4.69) is 5.32 Å². The molecule has 2 rings (SSSR count). The van der Waals surface area contributed by atoms with E-state index >= 15 is 0 Å². The van der Waals surface area contributed by atoms with Crippen molar-refractivity contribution in [2.24, 2.45) is 0 Å². The van der Waals surface area contributed by atoms with Gasteiger partial charge in [0.2, 0.25) is 0 Å². The molecule has 1 aliphatic carbocycles. The van der Waals surface area contributed by atoms with Gasteiger partial charge in [-0.3, -0.25) is 4.79 Å². The molecule has 1 unspecified atom stereocenters. The van der Waals surface area contributed by atoms with Crippen molar-refractivity contribution in [3.05, 3.63) is 35.1 Å². The quantitative estimate of drug-likeness (QED) is 0.735. The highest BCUT2D eigenvalue weighted by molar-refractivity contribution is 5.73. The number of nitrogens with one attached hydrogen (secondary N) is 1. The van der Waals surface area contributed by atoms with Crippen molar-refractivity contribution in [3.63, 3.8) is 0 Å². The maximum atomic E-state index is 12.9. The van der Waals surface area contributed by atoms with Crippen LogP contribution in [-0.4, -0.2) is 34.9 Å².